The zero-order chi connectivity index (χ0) is 9.14. The molecular formula is C10H13NO. The van der Waals surface area contributed by atoms with Gasteiger partial charge in [0.15, 0.2) is 0 Å². The van der Waals surface area contributed by atoms with Crippen molar-refractivity contribution in [3.63, 3.8) is 0 Å². The number of nitrogens with two attached hydrogens (primary N) is 1. The van der Waals surface area contributed by atoms with Gasteiger partial charge >= 0.3 is 0 Å². The van der Waals surface area contributed by atoms with Gasteiger partial charge in [0, 0.05) is 11.3 Å². The molecule has 0 aromatic heterocycles. The number of phenols is 1. The summed E-state index contributed by atoms with van der Waals surface area (Å²) >= 11 is 0. The number of hydrogen-bond donors (Lipinski definition) is 2. The normalized spacial score (nSPS) is 9.75. The number of hydrogen-bond acceptors (Lipinski definition) is 2. The average Bonchev–Trinajstić information content (AvgIpc) is 2.08. The minimum Gasteiger partial charge on any atom is -0.508 e. The standard InChI is InChI=1S/C10H13NO/c1-3-7(2)9-6-8(12)4-5-10(9)11/h4-6,12H,2-3,11H2,1H3. The molecule has 2 heteroatoms. The van der Waals surface area contributed by atoms with Crippen LogP contribution in [0.5, 0.6) is 5.75 Å². The van der Waals surface area contributed by atoms with Crippen LogP contribution in [0.1, 0.15) is 18.9 Å². The zero-order valence-corrected chi connectivity index (χ0v) is 7.17. The minimum absolute atomic E-state index is 0.230. The fourth-order valence-electron chi connectivity index (χ4n) is 1.04. The summed E-state index contributed by atoms with van der Waals surface area (Å²) in [5, 5.41) is 9.19. The molecule has 1 rings (SSSR count). The Bertz CT molecular complexity index is 305. The van der Waals surface area contributed by atoms with Gasteiger partial charge in [0.1, 0.15) is 5.75 Å². The zero-order valence-electron chi connectivity index (χ0n) is 7.17. The van der Waals surface area contributed by atoms with Crippen molar-refractivity contribution in [2.75, 3.05) is 5.73 Å². The van der Waals surface area contributed by atoms with E-state index in [0.717, 1.165) is 17.6 Å². The topological polar surface area (TPSA) is 46.2 Å². The fourth-order valence-corrected chi connectivity index (χ4v) is 1.04. The minimum atomic E-state index is 0.230. The average molecular weight is 163 g/mol. The molecule has 3 N–H and O–H groups in total. The van der Waals surface area contributed by atoms with E-state index >= 15 is 0 Å². The Morgan fingerprint density at radius 1 is 1.58 bits per heavy atom. The number of allylic oxidation sites excluding steroid dienone is 1. The third-order valence-electron chi connectivity index (χ3n) is 1.84. The summed E-state index contributed by atoms with van der Waals surface area (Å²) in [6, 6.07) is 4.90. The number of phenolic OH excluding ortho intramolecular Hbond substituents is 1. The number of benzene rings is 1. The molecule has 12 heavy (non-hydrogen) atoms. The monoisotopic (exact) mass is 163 g/mol. The molecule has 0 spiro atoms. The van der Waals surface area contributed by atoms with Crippen LogP contribution in [0, 0.1) is 0 Å². The van der Waals surface area contributed by atoms with Crippen molar-refractivity contribution in [2.45, 2.75) is 13.3 Å². The van der Waals surface area contributed by atoms with E-state index < -0.39 is 0 Å². The Hall–Kier alpha value is -1.44. The Labute approximate surface area is 72.3 Å². The maximum atomic E-state index is 9.19. The van der Waals surface area contributed by atoms with Crippen LogP contribution in [0.4, 0.5) is 5.69 Å². The van der Waals surface area contributed by atoms with Crippen LogP contribution in [0.3, 0.4) is 0 Å². The predicted molar refractivity (Wildman–Crippen MR) is 51.8 cm³/mol. The highest BCUT2D eigenvalue weighted by atomic mass is 16.3. The van der Waals surface area contributed by atoms with E-state index in [1.165, 1.54) is 0 Å². The molecule has 2 nitrogen and oxygen atoms in total. The highest BCUT2D eigenvalue weighted by molar-refractivity contribution is 5.74. The molecule has 0 aliphatic heterocycles. The molecule has 0 bridgehead atoms. The second-order valence-electron chi connectivity index (χ2n) is 2.73. The van der Waals surface area contributed by atoms with Crippen LogP contribution in [0.25, 0.3) is 5.57 Å². The lowest BCUT2D eigenvalue weighted by atomic mass is 10.0. The smallest absolute Gasteiger partial charge is 0.116 e. The maximum Gasteiger partial charge on any atom is 0.116 e. The molecule has 0 amide bonds. The van der Waals surface area contributed by atoms with Crippen LogP contribution in [0.2, 0.25) is 0 Å². The first-order chi connectivity index (χ1) is 5.65. The second-order valence-corrected chi connectivity index (χ2v) is 2.73. The van der Waals surface area contributed by atoms with Gasteiger partial charge in [-0.2, -0.15) is 0 Å². The van der Waals surface area contributed by atoms with Gasteiger partial charge in [-0.15, -0.1) is 0 Å². The Kier molecular flexibility index (Phi) is 2.38. The van der Waals surface area contributed by atoms with Crippen molar-refractivity contribution in [3.05, 3.63) is 30.3 Å². The third-order valence-corrected chi connectivity index (χ3v) is 1.84. The number of nitrogen functional groups attached to an aromatic ring is 1. The molecule has 64 valence electrons. The second kappa shape index (κ2) is 3.30. The quantitative estimate of drug-likeness (QED) is 0.519. The lowest BCUT2D eigenvalue weighted by molar-refractivity contribution is 0.475. The molecule has 0 aliphatic carbocycles. The van der Waals surface area contributed by atoms with Crippen molar-refractivity contribution in [1.82, 2.24) is 0 Å². The molecule has 0 heterocycles. The molecule has 1 aromatic carbocycles. The largest absolute Gasteiger partial charge is 0.508 e. The van der Waals surface area contributed by atoms with Gasteiger partial charge < -0.3 is 10.8 Å². The molecule has 0 radical (unpaired) electrons. The van der Waals surface area contributed by atoms with E-state index in [1.54, 1.807) is 18.2 Å². The van der Waals surface area contributed by atoms with Crippen molar-refractivity contribution >= 4 is 11.3 Å². The fraction of sp³-hybridized carbons (Fsp3) is 0.200. The summed E-state index contributed by atoms with van der Waals surface area (Å²) < 4.78 is 0. The Morgan fingerprint density at radius 3 is 2.83 bits per heavy atom. The van der Waals surface area contributed by atoms with Gasteiger partial charge in [0.05, 0.1) is 0 Å². The lowest BCUT2D eigenvalue weighted by Crippen LogP contribution is -1.91. The van der Waals surface area contributed by atoms with Gasteiger partial charge in [-0.05, 0) is 30.2 Å². The van der Waals surface area contributed by atoms with E-state index in [0.29, 0.717) is 5.69 Å². The number of rotatable bonds is 2. The van der Waals surface area contributed by atoms with E-state index in [-0.39, 0.29) is 5.75 Å². The van der Waals surface area contributed by atoms with Crippen molar-refractivity contribution in [3.8, 4) is 5.75 Å². The highest BCUT2D eigenvalue weighted by Crippen LogP contribution is 2.26. The first kappa shape index (κ1) is 8.65. The summed E-state index contributed by atoms with van der Waals surface area (Å²) in [7, 11) is 0. The van der Waals surface area contributed by atoms with Crippen LogP contribution in [-0.2, 0) is 0 Å². The highest BCUT2D eigenvalue weighted by Gasteiger charge is 2.02. The van der Waals surface area contributed by atoms with Crippen molar-refractivity contribution < 1.29 is 5.11 Å². The molecule has 0 saturated carbocycles. The molecular weight excluding hydrogens is 150 g/mol. The van der Waals surface area contributed by atoms with E-state index in [1.807, 2.05) is 6.92 Å². The van der Waals surface area contributed by atoms with E-state index in [2.05, 4.69) is 6.58 Å². The Morgan fingerprint density at radius 2 is 2.25 bits per heavy atom. The van der Waals surface area contributed by atoms with Crippen LogP contribution in [-0.4, -0.2) is 5.11 Å². The Balaban J connectivity index is 3.13. The van der Waals surface area contributed by atoms with Gasteiger partial charge in [-0.3, -0.25) is 0 Å². The molecule has 0 unspecified atom stereocenters. The van der Waals surface area contributed by atoms with Crippen molar-refractivity contribution in [1.29, 1.82) is 0 Å². The van der Waals surface area contributed by atoms with Gasteiger partial charge in [-0.25, -0.2) is 0 Å². The summed E-state index contributed by atoms with van der Waals surface area (Å²) in [5.74, 6) is 0.230. The predicted octanol–water partition coefficient (Wildman–Crippen LogP) is 2.40. The summed E-state index contributed by atoms with van der Waals surface area (Å²) in [5.41, 5.74) is 8.15. The molecule has 0 atom stereocenters. The van der Waals surface area contributed by atoms with Crippen molar-refractivity contribution in [2.24, 2.45) is 0 Å². The number of aromatic hydroxyl groups is 1. The van der Waals surface area contributed by atoms with Crippen LogP contribution in [0.15, 0.2) is 24.8 Å². The van der Waals surface area contributed by atoms with Gasteiger partial charge in [-0.1, -0.05) is 13.5 Å². The first-order valence-corrected chi connectivity index (χ1v) is 3.91. The molecule has 0 saturated heterocycles. The lowest BCUT2D eigenvalue weighted by Gasteiger charge is -2.06. The summed E-state index contributed by atoms with van der Waals surface area (Å²) in [4.78, 5) is 0. The van der Waals surface area contributed by atoms with Crippen LogP contribution < -0.4 is 5.73 Å². The number of anilines is 1. The SMILES string of the molecule is C=C(CC)c1cc(O)ccc1N. The summed E-state index contributed by atoms with van der Waals surface area (Å²) in [6.07, 6.45) is 0.841. The summed E-state index contributed by atoms with van der Waals surface area (Å²) in [6.45, 7) is 5.86. The molecule has 1 aromatic rings. The molecule has 0 aliphatic rings. The van der Waals surface area contributed by atoms with E-state index in [4.69, 9.17) is 5.73 Å². The molecule has 0 fully saturated rings. The maximum absolute atomic E-state index is 9.19. The first-order valence-electron chi connectivity index (χ1n) is 3.91. The van der Waals surface area contributed by atoms with Gasteiger partial charge in [0.25, 0.3) is 0 Å². The van der Waals surface area contributed by atoms with E-state index in [9.17, 15) is 5.11 Å². The van der Waals surface area contributed by atoms with Gasteiger partial charge in [0.2, 0.25) is 0 Å². The third kappa shape index (κ3) is 1.59. The van der Waals surface area contributed by atoms with Crippen LogP contribution >= 0.6 is 0 Å².